The zero-order valence-corrected chi connectivity index (χ0v) is 23.7. The summed E-state index contributed by atoms with van der Waals surface area (Å²) in [6, 6.07) is 0. The number of methoxy groups -OCH3 is 1. The summed E-state index contributed by atoms with van der Waals surface area (Å²) in [5.41, 5.74) is -2.65. The first-order valence-electron chi connectivity index (χ1n) is 14.1. The average Bonchev–Trinajstić information content (AvgIpc) is 3.43. The second-order valence-electron chi connectivity index (χ2n) is 13.0. The van der Waals surface area contributed by atoms with Crippen molar-refractivity contribution >= 4 is 17.7 Å². The number of rotatable bonds is 5. The summed E-state index contributed by atoms with van der Waals surface area (Å²) in [5.74, 6) is -2.97. The van der Waals surface area contributed by atoms with Crippen molar-refractivity contribution in [3.8, 4) is 0 Å². The standard InChI is InChI=1S/C30H38O10/c1-16(10-18-11-17(2)25(34)37-18)23(33)26(3)8-9-28-14-29-20(27(4,15-31)38-21(29)12-22(32)39-29)7-6-19(28)24(36-5)30(35,13-26)40-28/h10-11,16,20-21,31,35H,6-9,12-15H2,1-5H3. The molecule has 6 aliphatic rings. The quantitative estimate of drug-likeness (QED) is 0.485. The number of carbonyl (C=O) groups is 3. The summed E-state index contributed by atoms with van der Waals surface area (Å²) < 4.78 is 30.1. The molecular weight excluding hydrogens is 520 g/mol. The number of cyclic esters (lactones) is 1. The predicted molar refractivity (Wildman–Crippen MR) is 138 cm³/mol. The third kappa shape index (κ3) is 3.72. The number of aliphatic hydroxyl groups excluding tert-OH is 1. The van der Waals surface area contributed by atoms with Gasteiger partial charge in [0.05, 0.1) is 25.7 Å². The van der Waals surface area contributed by atoms with Crippen molar-refractivity contribution in [3.05, 3.63) is 34.8 Å². The van der Waals surface area contributed by atoms with Crippen molar-refractivity contribution in [2.24, 2.45) is 17.3 Å². The number of carbonyl (C=O) groups excluding carboxylic acids is 3. The van der Waals surface area contributed by atoms with Crippen LogP contribution in [0.2, 0.25) is 0 Å². The maximum absolute atomic E-state index is 13.9. The van der Waals surface area contributed by atoms with Crippen molar-refractivity contribution in [2.75, 3.05) is 13.7 Å². The molecule has 2 bridgehead atoms. The van der Waals surface area contributed by atoms with E-state index in [1.54, 1.807) is 26.0 Å². The van der Waals surface area contributed by atoms with Crippen LogP contribution in [0.25, 0.3) is 0 Å². The molecule has 10 heteroatoms. The van der Waals surface area contributed by atoms with Crippen molar-refractivity contribution in [2.45, 2.75) is 101 Å². The van der Waals surface area contributed by atoms with Gasteiger partial charge in [-0.15, -0.1) is 0 Å². The number of Topliss-reactive ketones (excluding diaryl/α,β-unsaturated/α-hetero) is 1. The van der Waals surface area contributed by atoms with Gasteiger partial charge in [0.15, 0.2) is 5.76 Å². The minimum Gasteiger partial charge on any atom is -0.495 e. The van der Waals surface area contributed by atoms with Crippen LogP contribution in [0.3, 0.4) is 0 Å². The van der Waals surface area contributed by atoms with Crippen LogP contribution in [-0.2, 0) is 38.1 Å². The number of ether oxygens (including phenoxy) is 5. The first kappa shape index (κ1) is 27.6. The first-order valence-corrected chi connectivity index (χ1v) is 14.1. The van der Waals surface area contributed by atoms with Crippen LogP contribution in [-0.4, -0.2) is 70.3 Å². The van der Waals surface area contributed by atoms with E-state index in [4.69, 9.17) is 23.7 Å². The second-order valence-corrected chi connectivity index (χ2v) is 13.0. The van der Waals surface area contributed by atoms with Crippen molar-refractivity contribution in [1.29, 1.82) is 0 Å². The van der Waals surface area contributed by atoms with E-state index in [9.17, 15) is 24.6 Å². The van der Waals surface area contributed by atoms with Gasteiger partial charge in [0.1, 0.15) is 28.8 Å². The summed E-state index contributed by atoms with van der Waals surface area (Å²) in [7, 11) is 1.49. The topological polar surface area (TPSA) is 138 Å². The molecule has 0 amide bonds. The molecule has 218 valence electrons. The average molecular weight is 559 g/mol. The molecule has 2 spiro atoms. The van der Waals surface area contributed by atoms with Gasteiger partial charge in [-0.2, -0.15) is 0 Å². The van der Waals surface area contributed by atoms with Crippen LogP contribution in [0.1, 0.15) is 72.6 Å². The fourth-order valence-electron chi connectivity index (χ4n) is 8.51. The molecule has 5 aliphatic heterocycles. The predicted octanol–water partition coefficient (Wildman–Crippen LogP) is 2.76. The highest BCUT2D eigenvalue weighted by Crippen LogP contribution is 2.65. The lowest BCUT2D eigenvalue weighted by Gasteiger charge is -2.40. The van der Waals surface area contributed by atoms with Gasteiger partial charge in [-0.05, 0) is 51.7 Å². The van der Waals surface area contributed by atoms with Gasteiger partial charge in [0.25, 0.3) is 0 Å². The highest BCUT2D eigenvalue weighted by atomic mass is 16.7. The summed E-state index contributed by atoms with van der Waals surface area (Å²) in [4.78, 5) is 38.4. The van der Waals surface area contributed by atoms with Gasteiger partial charge in [-0.3, -0.25) is 9.59 Å². The van der Waals surface area contributed by atoms with Gasteiger partial charge in [0, 0.05) is 41.2 Å². The number of hydrogen-bond donors (Lipinski definition) is 2. The van der Waals surface area contributed by atoms with E-state index >= 15 is 0 Å². The molecule has 8 atom stereocenters. The van der Waals surface area contributed by atoms with Crippen molar-refractivity contribution in [3.63, 3.8) is 0 Å². The minimum atomic E-state index is -1.85. The number of hydrogen-bond acceptors (Lipinski definition) is 10. The van der Waals surface area contributed by atoms with Crippen LogP contribution in [0.15, 0.2) is 34.8 Å². The monoisotopic (exact) mass is 558 g/mol. The molecule has 0 aromatic carbocycles. The Bertz CT molecular complexity index is 1280. The SMILES string of the molecule is COC1=C2CCC3C(C)(CO)OC4CC(=O)OC43CC23CCC(C)(C(=O)C(C)C=C2C=C(C)C(=O)O2)CC1(O)O3. The lowest BCUT2D eigenvalue weighted by atomic mass is 9.67. The molecule has 0 aromatic rings. The fourth-order valence-corrected chi connectivity index (χ4v) is 8.51. The number of ketones is 1. The van der Waals surface area contributed by atoms with Crippen LogP contribution in [0.5, 0.6) is 0 Å². The molecule has 3 saturated heterocycles. The van der Waals surface area contributed by atoms with Gasteiger partial charge in [-0.25, -0.2) is 4.79 Å². The summed E-state index contributed by atoms with van der Waals surface area (Å²) in [5, 5.41) is 22.3. The third-order valence-electron chi connectivity index (χ3n) is 10.3. The molecule has 0 aromatic heterocycles. The summed E-state index contributed by atoms with van der Waals surface area (Å²) >= 11 is 0. The Hall–Kier alpha value is -2.53. The van der Waals surface area contributed by atoms with Gasteiger partial charge in [-0.1, -0.05) is 13.8 Å². The smallest absolute Gasteiger partial charge is 0.339 e. The van der Waals surface area contributed by atoms with E-state index in [0.717, 1.165) is 5.57 Å². The Morgan fingerprint density at radius 3 is 2.65 bits per heavy atom. The Morgan fingerprint density at radius 2 is 2.00 bits per heavy atom. The highest BCUT2D eigenvalue weighted by molar-refractivity contribution is 5.93. The highest BCUT2D eigenvalue weighted by Gasteiger charge is 2.73. The first-order chi connectivity index (χ1) is 18.7. The molecule has 10 nitrogen and oxygen atoms in total. The zero-order chi connectivity index (χ0) is 28.9. The Labute approximate surface area is 233 Å². The Balaban J connectivity index is 1.37. The van der Waals surface area contributed by atoms with Crippen LogP contribution in [0.4, 0.5) is 0 Å². The van der Waals surface area contributed by atoms with Crippen LogP contribution < -0.4 is 0 Å². The van der Waals surface area contributed by atoms with Gasteiger partial charge < -0.3 is 33.9 Å². The number of esters is 2. The molecular formula is C30H38O10. The van der Waals surface area contributed by atoms with Gasteiger partial charge >= 0.3 is 11.9 Å². The normalized spacial score (nSPS) is 45.7. The minimum absolute atomic E-state index is 0.0140. The number of allylic oxidation sites excluding steroid dienone is 2. The molecule has 6 rings (SSSR count). The zero-order valence-electron chi connectivity index (χ0n) is 23.7. The molecule has 2 N–H and O–H groups in total. The summed E-state index contributed by atoms with van der Waals surface area (Å²) in [6.45, 7) is 6.87. The van der Waals surface area contributed by atoms with E-state index in [1.165, 1.54) is 7.11 Å². The summed E-state index contributed by atoms with van der Waals surface area (Å²) in [6.07, 6.45) is 4.88. The van der Waals surface area contributed by atoms with Gasteiger partial charge in [0.2, 0.25) is 5.79 Å². The number of fused-ring (bicyclic) bond motifs is 1. The number of aliphatic hydroxyl groups is 2. The van der Waals surface area contributed by atoms with E-state index in [2.05, 4.69) is 0 Å². The van der Waals surface area contributed by atoms with Crippen molar-refractivity contribution in [1.82, 2.24) is 0 Å². The molecule has 1 saturated carbocycles. The second kappa shape index (κ2) is 8.74. The maximum atomic E-state index is 13.9. The van der Waals surface area contributed by atoms with E-state index in [0.29, 0.717) is 42.8 Å². The van der Waals surface area contributed by atoms with E-state index < -0.39 is 46.0 Å². The Morgan fingerprint density at radius 1 is 1.25 bits per heavy atom. The molecule has 40 heavy (non-hydrogen) atoms. The molecule has 5 heterocycles. The van der Waals surface area contributed by atoms with E-state index in [-0.39, 0.29) is 43.5 Å². The fraction of sp³-hybridized carbons (Fsp3) is 0.700. The molecule has 1 aliphatic carbocycles. The lowest BCUT2D eigenvalue weighted by molar-refractivity contribution is -0.241. The molecule has 4 fully saturated rings. The largest absolute Gasteiger partial charge is 0.495 e. The molecule has 8 unspecified atom stereocenters. The Kier molecular flexibility index (Phi) is 6.03. The third-order valence-corrected chi connectivity index (χ3v) is 10.3. The van der Waals surface area contributed by atoms with Crippen molar-refractivity contribution < 1.29 is 48.3 Å². The van der Waals surface area contributed by atoms with Crippen LogP contribution >= 0.6 is 0 Å². The van der Waals surface area contributed by atoms with Crippen LogP contribution in [0, 0.1) is 17.3 Å². The lowest BCUT2D eigenvalue weighted by Crippen LogP contribution is -2.51. The maximum Gasteiger partial charge on any atom is 0.339 e. The van der Waals surface area contributed by atoms with E-state index in [1.807, 2.05) is 13.8 Å². The molecule has 0 radical (unpaired) electrons.